The Balaban J connectivity index is 0. The van der Waals surface area contributed by atoms with E-state index in [0.717, 1.165) is 0 Å². The molecule has 37 valence electrons. The zero-order valence-corrected chi connectivity index (χ0v) is 5.99. The molecule has 0 aliphatic carbocycles. The molecule has 0 nitrogen and oxygen atoms in total. The van der Waals surface area contributed by atoms with Gasteiger partial charge >= 0.3 is 14.3 Å². The van der Waals surface area contributed by atoms with Gasteiger partial charge in [-0.25, -0.2) is 0 Å². The molecule has 0 amide bonds. The summed E-state index contributed by atoms with van der Waals surface area (Å²) in [6.45, 7) is 2.19. The van der Waals surface area contributed by atoms with Gasteiger partial charge in [0, 0.05) is 1.43 Å². The largest absolute Gasteiger partial charge is 0.355 e. The standard InChI is InChI=1S/C4H9.Al.ClH.H2/c1-3-4-2;;;/h1,3-4H2,2H3;;2*1H/q;+1;;/p-1. The second-order valence-corrected chi connectivity index (χ2v) is 3.11. The number of hydrogen-bond donors (Lipinski definition) is 0. The van der Waals surface area contributed by atoms with Gasteiger partial charge in [0.2, 0.25) is 0 Å². The molecule has 0 saturated carbocycles. The molecule has 0 aliphatic heterocycles. The maximum Gasteiger partial charge on any atom is 0.355 e. The van der Waals surface area contributed by atoms with Crippen LogP contribution in [0, 0.1) is 0 Å². The van der Waals surface area contributed by atoms with Gasteiger partial charge in [-0.3, -0.25) is 10.0 Å². The summed E-state index contributed by atoms with van der Waals surface area (Å²) in [5.41, 5.74) is 0. The fourth-order valence-electron chi connectivity index (χ4n) is 0.281. The molecule has 0 rings (SSSR count). The van der Waals surface area contributed by atoms with Crippen molar-refractivity contribution >= 4 is 24.3 Å². The van der Waals surface area contributed by atoms with Crippen molar-refractivity contribution in [2.24, 2.45) is 0 Å². The molecule has 0 aromatic heterocycles. The molecule has 0 spiro atoms. The summed E-state index contributed by atoms with van der Waals surface area (Å²) in [6, 6.07) is 0. The Morgan fingerprint density at radius 2 is 2.50 bits per heavy atom. The molecule has 2 heteroatoms. The molecule has 0 atom stereocenters. The first-order valence-electron chi connectivity index (χ1n) is 2.33. The number of hydrogen-bond acceptors (Lipinski definition) is 0. The lowest BCUT2D eigenvalue weighted by atomic mass is 10.4. The fourth-order valence-corrected chi connectivity index (χ4v) is 1.31. The Morgan fingerprint density at radius 3 is 2.67 bits per heavy atom. The summed E-state index contributed by atoms with van der Waals surface area (Å²) in [7, 11) is 5.46. The van der Waals surface area contributed by atoms with E-state index in [2.05, 4.69) is 6.92 Å². The summed E-state index contributed by atoms with van der Waals surface area (Å²) >= 11 is 0.256. The first-order valence-corrected chi connectivity index (χ1v) is 4.90. The zero-order valence-electron chi connectivity index (χ0n) is 4.08. The summed E-state index contributed by atoms with van der Waals surface area (Å²) in [5.74, 6) is 0. The first kappa shape index (κ1) is 6.82. The highest BCUT2D eigenvalue weighted by molar-refractivity contribution is 6.93. The van der Waals surface area contributed by atoms with Crippen LogP contribution in [0.1, 0.15) is 21.2 Å². The van der Waals surface area contributed by atoms with Crippen LogP contribution >= 0.6 is 10.0 Å². The highest BCUT2D eigenvalue weighted by Crippen LogP contribution is 1.93. The molecule has 0 unspecified atom stereocenters. The second-order valence-electron chi connectivity index (χ2n) is 1.30. The van der Waals surface area contributed by atoms with E-state index in [1.54, 1.807) is 0 Å². The third-order valence-electron chi connectivity index (χ3n) is 0.667. The lowest BCUT2D eigenvalue weighted by Crippen LogP contribution is -1.73. The Labute approximate surface area is 51.3 Å². The average molecular weight is 122 g/mol. The smallest absolute Gasteiger partial charge is 0.276 e. The molecule has 0 aromatic rings. The molecule has 0 N–H and O–H groups in total. The van der Waals surface area contributed by atoms with Gasteiger partial charge in [0.1, 0.15) is 0 Å². The minimum Gasteiger partial charge on any atom is -0.276 e. The molecular weight excluding hydrogens is 110 g/mol. The van der Waals surface area contributed by atoms with Crippen LogP contribution in [0.5, 0.6) is 0 Å². The topological polar surface area (TPSA) is 0 Å². The van der Waals surface area contributed by atoms with Gasteiger partial charge in [0.05, 0.1) is 0 Å². The number of unbranched alkanes of at least 4 members (excludes halogenated alkanes) is 1. The van der Waals surface area contributed by atoms with E-state index in [-0.39, 0.29) is 15.7 Å². The van der Waals surface area contributed by atoms with E-state index in [9.17, 15) is 0 Å². The maximum atomic E-state index is 5.46. The van der Waals surface area contributed by atoms with E-state index >= 15 is 0 Å². The Morgan fingerprint density at radius 1 is 1.83 bits per heavy atom. The van der Waals surface area contributed by atoms with E-state index in [1.807, 2.05) is 0 Å². The van der Waals surface area contributed by atoms with Crippen LogP contribution in [0.25, 0.3) is 0 Å². The van der Waals surface area contributed by atoms with Crippen LogP contribution < -0.4 is 0 Å². The molecular formula is C4H11AlCl. The summed E-state index contributed by atoms with van der Waals surface area (Å²) in [4.78, 5) is 0. The maximum absolute atomic E-state index is 5.46. The van der Waals surface area contributed by atoms with Gasteiger partial charge in [0.15, 0.2) is 0 Å². The van der Waals surface area contributed by atoms with E-state index < -0.39 is 0 Å². The van der Waals surface area contributed by atoms with Crippen LogP contribution in [0.4, 0.5) is 0 Å². The Kier molecular flexibility index (Phi) is 6.62. The highest BCUT2D eigenvalue weighted by atomic mass is 35.6. The summed E-state index contributed by atoms with van der Waals surface area (Å²) < 4.78 is 0. The van der Waals surface area contributed by atoms with E-state index in [1.165, 1.54) is 18.1 Å². The van der Waals surface area contributed by atoms with Crippen molar-refractivity contribution in [2.45, 2.75) is 25.0 Å². The second kappa shape index (κ2) is 5.82. The molecule has 0 fully saturated rings. The van der Waals surface area contributed by atoms with Gasteiger partial charge in [-0.05, 0) is 0 Å². The predicted octanol–water partition coefficient (Wildman–Crippen LogP) is 2.31. The van der Waals surface area contributed by atoms with Crippen LogP contribution in [0.2, 0.25) is 5.28 Å². The van der Waals surface area contributed by atoms with Gasteiger partial charge in [-0.15, -0.1) is 0 Å². The summed E-state index contributed by atoms with van der Waals surface area (Å²) in [6.07, 6.45) is 2.61. The zero-order chi connectivity index (χ0) is 4.83. The molecule has 0 bridgehead atoms. The predicted molar refractivity (Wildman–Crippen MR) is 33.4 cm³/mol. The Hall–Kier alpha value is 0.822. The van der Waals surface area contributed by atoms with Crippen molar-refractivity contribution < 1.29 is 1.43 Å². The van der Waals surface area contributed by atoms with Gasteiger partial charge in [-0.1, -0.05) is 25.0 Å². The van der Waals surface area contributed by atoms with E-state index in [0.29, 0.717) is 0 Å². The minimum atomic E-state index is 0. The normalized spacial score (nSPS) is 8.33. The first-order chi connectivity index (χ1) is 2.91. The molecule has 0 aliphatic rings. The van der Waals surface area contributed by atoms with Crippen LogP contribution in [-0.2, 0) is 0 Å². The van der Waals surface area contributed by atoms with E-state index in [4.69, 9.17) is 10.0 Å². The van der Waals surface area contributed by atoms with Crippen molar-refractivity contribution in [3.8, 4) is 0 Å². The quantitative estimate of drug-likeness (QED) is 0.397. The van der Waals surface area contributed by atoms with Gasteiger partial charge in [0.25, 0.3) is 0 Å². The molecule has 0 aromatic carbocycles. The van der Waals surface area contributed by atoms with Gasteiger partial charge < -0.3 is 0 Å². The lowest BCUT2D eigenvalue weighted by molar-refractivity contribution is 0.882. The number of rotatable bonds is 3. The minimum absolute atomic E-state index is 0. The molecule has 1 radical (unpaired) electrons. The van der Waals surface area contributed by atoms with Crippen LogP contribution in [0.3, 0.4) is 0 Å². The van der Waals surface area contributed by atoms with Gasteiger partial charge in [-0.2, -0.15) is 0 Å². The SMILES string of the molecule is CCC[CH2][Al][Cl].[HH]. The van der Waals surface area contributed by atoms with Crippen molar-refractivity contribution in [2.75, 3.05) is 0 Å². The third kappa shape index (κ3) is 4.82. The summed E-state index contributed by atoms with van der Waals surface area (Å²) in [5, 5.41) is 1.26. The van der Waals surface area contributed by atoms with Crippen LogP contribution in [-0.4, -0.2) is 14.3 Å². The fraction of sp³-hybridized carbons (Fsp3) is 1.00. The lowest BCUT2D eigenvalue weighted by Gasteiger charge is -1.82. The number of halogens is 1. The molecule has 0 heterocycles. The molecule has 0 saturated heterocycles. The van der Waals surface area contributed by atoms with Crippen molar-refractivity contribution in [1.82, 2.24) is 0 Å². The van der Waals surface area contributed by atoms with Crippen molar-refractivity contribution in [3.05, 3.63) is 0 Å². The van der Waals surface area contributed by atoms with Crippen molar-refractivity contribution in [3.63, 3.8) is 0 Å². The van der Waals surface area contributed by atoms with Crippen LogP contribution in [0.15, 0.2) is 0 Å². The highest BCUT2D eigenvalue weighted by Gasteiger charge is 1.82. The average Bonchev–Trinajstić information content (AvgIpc) is 1.61. The van der Waals surface area contributed by atoms with Crippen molar-refractivity contribution in [1.29, 1.82) is 0 Å². The third-order valence-corrected chi connectivity index (χ3v) is 1.95. The molecule has 6 heavy (non-hydrogen) atoms. The monoisotopic (exact) mass is 121 g/mol. The Bertz CT molecular complexity index is 23.7.